The van der Waals surface area contributed by atoms with Crippen LogP contribution >= 0.6 is 11.6 Å². The Hall–Kier alpha value is -2.33. The van der Waals surface area contributed by atoms with Gasteiger partial charge in [-0.15, -0.1) is 0 Å². The van der Waals surface area contributed by atoms with E-state index in [1.54, 1.807) is 0 Å². The second kappa shape index (κ2) is 9.74. The lowest BCUT2D eigenvalue weighted by atomic mass is 10.1. The smallest absolute Gasteiger partial charge is 0.0917 e. The molecule has 0 unspecified atom stereocenters. The fraction of sp³-hybridized carbons (Fsp3) is 0.250. The van der Waals surface area contributed by atoms with Crippen LogP contribution in [0.5, 0.6) is 0 Å². The zero-order valence-corrected chi connectivity index (χ0v) is 17.2. The van der Waals surface area contributed by atoms with E-state index in [0.29, 0.717) is 11.6 Å². The molecular formula is C24H27ClN2O. The van der Waals surface area contributed by atoms with Gasteiger partial charge in [0.2, 0.25) is 0 Å². The summed E-state index contributed by atoms with van der Waals surface area (Å²) in [6, 6.07) is 26.4. The van der Waals surface area contributed by atoms with Crippen LogP contribution in [0.2, 0.25) is 5.02 Å². The molecule has 0 aliphatic carbocycles. The van der Waals surface area contributed by atoms with Crippen LogP contribution in [-0.4, -0.2) is 30.6 Å². The predicted molar refractivity (Wildman–Crippen MR) is 118 cm³/mol. The molecule has 3 nitrogen and oxygen atoms in total. The Morgan fingerprint density at radius 3 is 1.93 bits per heavy atom. The lowest BCUT2D eigenvalue weighted by Gasteiger charge is -2.26. The van der Waals surface area contributed by atoms with E-state index in [-0.39, 0.29) is 0 Å². The molecule has 146 valence electrons. The van der Waals surface area contributed by atoms with Crippen LogP contribution in [0.1, 0.15) is 22.8 Å². The number of aliphatic hydroxyl groups is 1. The maximum Gasteiger partial charge on any atom is 0.0917 e. The zero-order valence-electron chi connectivity index (χ0n) is 16.4. The topological polar surface area (TPSA) is 26.7 Å². The molecule has 0 fully saturated rings. The molecule has 0 heterocycles. The van der Waals surface area contributed by atoms with Crippen LogP contribution in [0.4, 0.5) is 5.69 Å². The average Bonchev–Trinajstić information content (AvgIpc) is 2.69. The maximum atomic E-state index is 10.8. The van der Waals surface area contributed by atoms with Gasteiger partial charge in [0.05, 0.1) is 6.10 Å². The molecule has 0 spiro atoms. The molecule has 0 aromatic heterocycles. The monoisotopic (exact) mass is 394 g/mol. The number of benzene rings is 3. The van der Waals surface area contributed by atoms with Crippen LogP contribution in [0.25, 0.3) is 0 Å². The summed E-state index contributed by atoms with van der Waals surface area (Å²) < 4.78 is 0. The summed E-state index contributed by atoms with van der Waals surface area (Å²) in [6.07, 6.45) is -0.568. The van der Waals surface area contributed by atoms with Gasteiger partial charge in [0, 0.05) is 44.4 Å². The standard InChI is InChI=1S/C24H27ClN2O/c1-26(2)23-14-8-20(9-15-23)17-27(16-19-6-4-3-5-7-19)18-24(28)21-10-12-22(25)13-11-21/h3-15,24,28H,16-18H2,1-2H3/t24-/m0/s1. The largest absolute Gasteiger partial charge is 0.387 e. The van der Waals surface area contributed by atoms with Gasteiger partial charge in [-0.3, -0.25) is 4.90 Å². The number of nitrogens with zero attached hydrogens (tertiary/aromatic N) is 2. The van der Waals surface area contributed by atoms with Crippen molar-refractivity contribution in [1.29, 1.82) is 0 Å². The molecule has 28 heavy (non-hydrogen) atoms. The van der Waals surface area contributed by atoms with Crippen LogP contribution in [0, 0.1) is 0 Å². The molecule has 4 heteroatoms. The van der Waals surface area contributed by atoms with E-state index in [1.165, 1.54) is 16.8 Å². The zero-order chi connectivity index (χ0) is 19.9. The van der Waals surface area contributed by atoms with E-state index in [1.807, 2.05) is 44.4 Å². The number of halogens is 1. The normalized spacial score (nSPS) is 12.2. The van der Waals surface area contributed by atoms with Gasteiger partial charge < -0.3 is 10.0 Å². The van der Waals surface area contributed by atoms with Gasteiger partial charge in [-0.1, -0.05) is 66.2 Å². The van der Waals surface area contributed by atoms with E-state index in [0.717, 1.165) is 18.7 Å². The number of hydrogen-bond donors (Lipinski definition) is 1. The highest BCUT2D eigenvalue weighted by molar-refractivity contribution is 6.30. The minimum Gasteiger partial charge on any atom is -0.387 e. The first-order valence-electron chi connectivity index (χ1n) is 9.47. The van der Waals surface area contributed by atoms with Crippen molar-refractivity contribution in [3.8, 4) is 0 Å². The Morgan fingerprint density at radius 2 is 1.36 bits per heavy atom. The Labute approximate surface area is 172 Å². The summed E-state index contributed by atoms with van der Waals surface area (Å²) in [7, 11) is 4.08. The highest BCUT2D eigenvalue weighted by Crippen LogP contribution is 2.21. The number of rotatable bonds is 8. The van der Waals surface area contributed by atoms with Crippen molar-refractivity contribution in [2.75, 3.05) is 25.5 Å². The molecule has 0 saturated carbocycles. The molecule has 1 N–H and O–H groups in total. The fourth-order valence-electron chi connectivity index (χ4n) is 3.22. The predicted octanol–water partition coefficient (Wildman–Crippen LogP) is 5.14. The van der Waals surface area contributed by atoms with Gasteiger partial charge in [0.1, 0.15) is 0 Å². The molecule has 3 aromatic carbocycles. The second-order valence-corrected chi connectivity index (χ2v) is 7.72. The SMILES string of the molecule is CN(C)c1ccc(CN(Cc2ccccc2)C[C@H](O)c2ccc(Cl)cc2)cc1. The molecule has 1 atom stereocenters. The third-order valence-corrected chi connectivity index (χ3v) is 5.05. The van der Waals surface area contributed by atoms with Crippen LogP contribution in [0.15, 0.2) is 78.9 Å². The molecule has 0 amide bonds. The van der Waals surface area contributed by atoms with E-state index >= 15 is 0 Å². The molecule has 0 bridgehead atoms. The minimum atomic E-state index is -0.568. The van der Waals surface area contributed by atoms with Gasteiger partial charge in [-0.2, -0.15) is 0 Å². The van der Waals surface area contributed by atoms with E-state index in [4.69, 9.17) is 11.6 Å². The number of aliphatic hydroxyl groups excluding tert-OH is 1. The van der Waals surface area contributed by atoms with Crippen molar-refractivity contribution >= 4 is 17.3 Å². The Balaban J connectivity index is 1.75. The van der Waals surface area contributed by atoms with Gasteiger partial charge >= 0.3 is 0 Å². The van der Waals surface area contributed by atoms with Crippen molar-refractivity contribution in [1.82, 2.24) is 4.90 Å². The third kappa shape index (κ3) is 5.83. The average molecular weight is 395 g/mol. The van der Waals surface area contributed by atoms with Crippen LogP contribution in [0.3, 0.4) is 0 Å². The van der Waals surface area contributed by atoms with E-state index < -0.39 is 6.10 Å². The van der Waals surface area contributed by atoms with E-state index in [2.05, 4.69) is 58.3 Å². The molecule has 0 radical (unpaired) electrons. The van der Waals surface area contributed by atoms with Crippen molar-refractivity contribution in [3.05, 3.63) is 101 Å². The van der Waals surface area contributed by atoms with E-state index in [9.17, 15) is 5.11 Å². The first-order valence-corrected chi connectivity index (χ1v) is 9.85. The summed E-state index contributed by atoms with van der Waals surface area (Å²) >= 11 is 5.98. The molecule has 0 saturated heterocycles. The molecule has 0 aliphatic rings. The van der Waals surface area contributed by atoms with Gasteiger partial charge in [-0.05, 0) is 41.0 Å². The Morgan fingerprint density at radius 1 is 0.786 bits per heavy atom. The highest BCUT2D eigenvalue weighted by Gasteiger charge is 2.15. The second-order valence-electron chi connectivity index (χ2n) is 7.28. The summed E-state index contributed by atoms with van der Waals surface area (Å²) in [4.78, 5) is 4.37. The van der Waals surface area contributed by atoms with Gasteiger partial charge in [-0.25, -0.2) is 0 Å². The van der Waals surface area contributed by atoms with Gasteiger partial charge in [0.15, 0.2) is 0 Å². The summed E-state index contributed by atoms with van der Waals surface area (Å²) in [5.41, 5.74) is 4.52. The molecule has 3 rings (SSSR count). The van der Waals surface area contributed by atoms with Crippen molar-refractivity contribution in [2.45, 2.75) is 19.2 Å². The minimum absolute atomic E-state index is 0.548. The third-order valence-electron chi connectivity index (χ3n) is 4.79. The number of hydrogen-bond acceptors (Lipinski definition) is 3. The van der Waals surface area contributed by atoms with Crippen molar-refractivity contribution < 1.29 is 5.11 Å². The summed E-state index contributed by atoms with van der Waals surface area (Å²) in [6.45, 7) is 2.10. The van der Waals surface area contributed by atoms with Crippen LogP contribution < -0.4 is 4.90 Å². The summed E-state index contributed by atoms with van der Waals surface area (Å²) in [5.74, 6) is 0. The molecule has 3 aromatic rings. The Bertz CT molecular complexity index is 848. The lowest BCUT2D eigenvalue weighted by molar-refractivity contribution is 0.105. The first kappa shape index (κ1) is 20.4. The highest BCUT2D eigenvalue weighted by atomic mass is 35.5. The maximum absolute atomic E-state index is 10.8. The number of anilines is 1. The van der Waals surface area contributed by atoms with Gasteiger partial charge in [0.25, 0.3) is 0 Å². The Kier molecular flexibility index (Phi) is 7.10. The fourth-order valence-corrected chi connectivity index (χ4v) is 3.35. The summed E-state index contributed by atoms with van der Waals surface area (Å²) in [5, 5.41) is 11.4. The quantitative estimate of drug-likeness (QED) is 0.572. The lowest BCUT2D eigenvalue weighted by Crippen LogP contribution is -2.28. The van der Waals surface area contributed by atoms with Crippen molar-refractivity contribution in [3.63, 3.8) is 0 Å². The van der Waals surface area contributed by atoms with Crippen molar-refractivity contribution in [2.24, 2.45) is 0 Å². The molecule has 0 aliphatic heterocycles. The first-order chi connectivity index (χ1) is 13.5. The van der Waals surface area contributed by atoms with Crippen LogP contribution in [-0.2, 0) is 13.1 Å². The molecular weight excluding hydrogens is 368 g/mol.